The fourth-order valence-corrected chi connectivity index (χ4v) is 3.85. The van der Waals surface area contributed by atoms with Gasteiger partial charge in [-0.15, -0.1) is 0 Å². The Morgan fingerprint density at radius 3 is 2.53 bits per heavy atom. The van der Waals surface area contributed by atoms with Crippen LogP contribution in [0, 0.1) is 5.92 Å². The molecule has 0 radical (unpaired) electrons. The molecule has 2 heterocycles. The van der Waals surface area contributed by atoms with Crippen molar-refractivity contribution in [3.8, 4) is 0 Å². The van der Waals surface area contributed by atoms with Crippen molar-refractivity contribution in [3.05, 3.63) is 0 Å². The van der Waals surface area contributed by atoms with Gasteiger partial charge in [-0.1, -0.05) is 27.2 Å². The predicted octanol–water partition coefficient (Wildman–Crippen LogP) is 2.98. The number of rotatable bonds is 3. The fraction of sp³-hybridized carbons (Fsp3) is 1.00. The molecule has 2 rings (SSSR count). The van der Waals surface area contributed by atoms with Gasteiger partial charge in [0.05, 0.1) is 0 Å². The van der Waals surface area contributed by atoms with Crippen molar-refractivity contribution >= 4 is 0 Å². The van der Waals surface area contributed by atoms with E-state index in [1.807, 2.05) is 0 Å². The first-order valence-corrected chi connectivity index (χ1v) is 7.70. The Morgan fingerprint density at radius 1 is 1.06 bits per heavy atom. The third-order valence-corrected chi connectivity index (χ3v) is 4.74. The van der Waals surface area contributed by atoms with Gasteiger partial charge in [0, 0.05) is 18.6 Å². The van der Waals surface area contributed by atoms with Gasteiger partial charge in [-0.3, -0.25) is 9.80 Å². The zero-order chi connectivity index (χ0) is 12.3. The van der Waals surface area contributed by atoms with Crippen molar-refractivity contribution in [3.63, 3.8) is 0 Å². The molecule has 0 N–H and O–H groups in total. The highest BCUT2D eigenvalue weighted by atomic mass is 15.3. The monoisotopic (exact) mass is 238 g/mol. The van der Waals surface area contributed by atoms with Crippen molar-refractivity contribution in [1.82, 2.24) is 9.80 Å². The van der Waals surface area contributed by atoms with Crippen molar-refractivity contribution in [2.24, 2.45) is 5.92 Å². The average Bonchev–Trinajstić information content (AvgIpc) is 2.51. The van der Waals surface area contributed by atoms with Crippen molar-refractivity contribution in [2.75, 3.05) is 26.2 Å². The van der Waals surface area contributed by atoms with Gasteiger partial charge in [-0.25, -0.2) is 0 Å². The first-order chi connectivity index (χ1) is 8.22. The summed E-state index contributed by atoms with van der Waals surface area (Å²) < 4.78 is 0. The van der Waals surface area contributed by atoms with Crippen LogP contribution in [0.1, 0.15) is 52.9 Å². The largest absolute Gasteiger partial charge is 0.299 e. The second-order valence-electron chi connectivity index (χ2n) is 6.25. The molecule has 0 bridgehead atoms. The van der Waals surface area contributed by atoms with E-state index in [0.29, 0.717) is 0 Å². The lowest BCUT2D eigenvalue weighted by Gasteiger charge is -2.38. The molecule has 2 heteroatoms. The second kappa shape index (κ2) is 6.19. The van der Waals surface area contributed by atoms with Gasteiger partial charge in [-0.05, 0) is 51.2 Å². The van der Waals surface area contributed by atoms with Crippen LogP contribution >= 0.6 is 0 Å². The molecule has 0 spiro atoms. The second-order valence-corrected chi connectivity index (χ2v) is 6.25. The Labute approximate surface area is 107 Å². The Bertz CT molecular complexity index is 227. The van der Waals surface area contributed by atoms with Crippen LogP contribution in [0.4, 0.5) is 0 Å². The molecule has 0 aromatic rings. The Hall–Kier alpha value is -0.0800. The van der Waals surface area contributed by atoms with E-state index in [0.717, 1.165) is 18.0 Å². The molecule has 2 aliphatic heterocycles. The van der Waals surface area contributed by atoms with Gasteiger partial charge in [0.25, 0.3) is 0 Å². The molecule has 0 amide bonds. The minimum atomic E-state index is 0.801. The minimum Gasteiger partial charge on any atom is -0.299 e. The lowest BCUT2D eigenvalue weighted by Crippen LogP contribution is -2.47. The van der Waals surface area contributed by atoms with E-state index < -0.39 is 0 Å². The van der Waals surface area contributed by atoms with Crippen molar-refractivity contribution in [2.45, 2.75) is 65.0 Å². The maximum Gasteiger partial charge on any atom is 0.0223 e. The number of nitrogens with zero attached hydrogens (tertiary/aromatic N) is 2. The van der Waals surface area contributed by atoms with Gasteiger partial charge in [0.2, 0.25) is 0 Å². The normalized spacial score (nSPS) is 30.0. The topological polar surface area (TPSA) is 6.48 Å². The van der Waals surface area contributed by atoms with Crippen LogP contribution in [0.15, 0.2) is 0 Å². The van der Waals surface area contributed by atoms with Crippen LogP contribution in [0.5, 0.6) is 0 Å². The molecule has 2 fully saturated rings. The van der Waals surface area contributed by atoms with E-state index in [-0.39, 0.29) is 0 Å². The SMILES string of the molecule is CCC(C(C)C)N1CCCN2CCCCC2C1. The fourth-order valence-electron chi connectivity index (χ4n) is 3.85. The van der Waals surface area contributed by atoms with Gasteiger partial charge < -0.3 is 0 Å². The molecule has 2 saturated heterocycles. The van der Waals surface area contributed by atoms with Crippen LogP contribution in [-0.2, 0) is 0 Å². The maximum absolute atomic E-state index is 2.79. The molecule has 2 unspecified atom stereocenters. The smallest absolute Gasteiger partial charge is 0.0223 e. The maximum atomic E-state index is 2.79. The highest BCUT2D eigenvalue weighted by Crippen LogP contribution is 2.24. The number of piperidine rings is 1. The first kappa shape index (κ1) is 13.4. The summed E-state index contributed by atoms with van der Waals surface area (Å²) in [7, 11) is 0. The molecule has 2 nitrogen and oxygen atoms in total. The summed E-state index contributed by atoms with van der Waals surface area (Å²) in [4.78, 5) is 5.55. The van der Waals surface area contributed by atoms with Crippen LogP contribution in [-0.4, -0.2) is 48.1 Å². The average molecular weight is 238 g/mol. The molecular formula is C15H30N2. The number of fused-ring (bicyclic) bond motifs is 1. The highest BCUT2D eigenvalue weighted by molar-refractivity contribution is 4.86. The van der Waals surface area contributed by atoms with Crippen LogP contribution in [0.25, 0.3) is 0 Å². The van der Waals surface area contributed by atoms with E-state index in [1.54, 1.807) is 0 Å². The van der Waals surface area contributed by atoms with Crippen molar-refractivity contribution in [1.29, 1.82) is 0 Å². The van der Waals surface area contributed by atoms with Crippen LogP contribution in [0.2, 0.25) is 0 Å². The lowest BCUT2D eigenvalue weighted by atomic mass is 9.97. The van der Waals surface area contributed by atoms with E-state index in [2.05, 4.69) is 30.6 Å². The minimum absolute atomic E-state index is 0.801. The zero-order valence-electron chi connectivity index (χ0n) is 12.0. The van der Waals surface area contributed by atoms with Crippen LogP contribution < -0.4 is 0 Å². The van der Waals surface area contributed by atoms with Gasteiger partial charge in [0.1, 0.15) is 0 Å². The highest BCUT2D eigenvalue weighted by Gasteiger charge is 2.30. The summed E-state index contributed by atoms with van der Waals surface area (Å²) >= 11 is 0. The molecule has 100 valence electrons. The first-order valence-electron chi connectivity index (χ1n) is 7.70. The van der Waals surface area contributed by atoms with E-state index in [1.165, 1.54) is 58.3 Å². The quantitative estimate of drug-likeness (QED) is 0.746. The lowest BCUT2D eigenvalue weighted by molar-refractivity contribution is 0.102. The summed E-state index contributed by atoms with van der Waals surface area (Å²) in [5.41, 5.74) is 0. The Morgan fingerprint density at radius 2 is 1.82 bits per heavy atom. The van der Waals surface area contributed by atoms with E-state index in [4.69, 9.17) is 0 Å². The van der Waals surface area contributed by atoms with E-state index in [9.17, 15) is 0 Å². The molecule has 2 aliphatic rings. The zero-order valence-corrected chi connectivity index (χ0v) is 12.0. The molecule has 17 heavy (non-hydrogen) atoms. The number of hydrogen-bond donors (Lipinski definition) is 0. The number of hydrogen-bond acceptors (Lipinski definition) is 2. The summed E-state index contributed by atoms with van der Waals surface area (Å²) in [6, 6.07) is 1.66. The molecule has 0 saturated carbocycles. The Balaban J connectivity index is 1.99. The van der Waals surface area contributed by atoms with Crippen LogP contribution in [0.3, 0.4) is 0 Å². The van der Waals surface area contributed by atoms with Gasteiger partial charge >= 0.3 is 0 Å². The third-order valence-electron chi connectivity index (χ3n) is 4.74. The summed E-state index contributed by atoms with van der Waals surface area (Å²) in [6.45, 7) is 12.5. The van der Waals surface area contributed by atoms with Gasteiger partial charge in [-0.2, -0.15) is 0 Å². The molecule has 0 aliphatic carbocycles. The molecular weight excluding hydrogens is 208 g/mol. The molecule has 0 aromatic carbocycles. The van der Waals surface area contributed by atoms with E-state index >= 15 is 0 Å². The standard InChI is InChI=1S/C15H30N2/c1-4-15(13(2)3)17-11-7-10-16-9-6-5-8-14(16)12-17/h13-15H,4-12H2,1-3H3. The summed E-state index contributed by atoms with van der Waals surface area (Å²) in [5, 5.41) is 0. The third kappa shape index (κ3) is 3.23. The van der Waals surface area contributed by atoms with Gasteiger partial charge in [0.15, 0.2) is 0 Å². The summed E-state index contributed by atoms with van der Waals surface area (Å²) in [5.74, 6) is 0.801. The van der Waals surface area contributed by atoms with Crippen molar-refractivity contribution < 1.29 is 0 Å². The summed E-state index contributed by atoms with van der Waals surface area (Å²) in [6.07, 6.45) is 7.00. The molecule has 2 atom stereocenters. The molecule has 0 aromatic heterocycles. The predicted molar refractivity (Wildman–Crippen MR) is 74.3 cm³/mol. The Kier molecular flexibility index (Phi) is 4.87.